The van der Waals surface area contributed by atoms with Gasteiger partial charge in [-0.2, -0.15) is 0 Å². The topological polar surface area (TPSA) is 56.2 Å². The molecule has 19 heavy (non-hydrogen) atoms. The van der Waals surface area contributed by atoms with Crippen molar-refractivity contribution in [3.8, 4) is 0 Å². The third-order valence-electron chi connectivity index (χ3n) is 3.39. The van der Waals surface area contributed by atoms with E-state index in [1.54, 1.807) is 0 Å². The Morgan fingerprint density at radius 1 is 1.16 bits per heavy atom. The molecule has 94 valence electrons. The molecule has 4 rings (SSSR count). The number of aromatic nitrogens is 3. The molecule has 1 aliphatic heterocycles. The van der Waals surface area contributed by atoms with Gasteiger partial charge in [-0.25, -0.2) is 0 Å². The van der Waals surface area contributed by atoms with Gasteiger partial charge in [-0.3, -0.25) is 4.40 Å². The van der Waals surface area contributed by atoms with Crippen molar-refractivity contribution in [3.05, 3.63) is 54.0 Å². The molecule has 2 aromatic heterocycles. The molecule has 0 bridgehead atoms. The van der Waals surface area contributed by atoms with Crippen LogP contribution in [0.1, 0.15) is 16.6 Å². The molecular formula is C14H12N4S. The SMILES string of the molecule is Nc1ccc2nnc(C3Cc4ccccc4S3)n2c1. The van der Waals surface area contributed by atoms with E-state index in [4.69, 9.17) is 5.73 Å². The third-order valence-corrected chi connectivity index (χ3v) is 4.70. The van der Waals surface area contributed by atoms with E-state index < -0.39 is 0 Å². The first-order chi connectivity index (χ1) is 9.31. The summed E-state index contributed by atoms with van der Waals surface area (Å²) in [4.78, 5) is 1.34. The van der Waals surface area contributed by atoms with Gasteiger partial charge in [0.25, 0.3) is 0 Å². The van der Waals surface area contributed by atoms with E-state index in [1.807, 2.05) is 34.5 Å². The number of anilines is 1. The second-order valence-electron chi connectivity index (χ2n) is 4.67. The Balaban J connectivity index is 1.79. The molecule has 1 atom stereocenters. The predicted octanol–water partition coefficient (Wildman–Crippen LogP) is 2.70. The van der Waals surface area contributed by atoms with Crippen LogP contribution in [0.25, 0.3) is 5.65 Å². The lowest BCUT2D eigenvalue weighted by molar-refractivity contribution is 0.832. The van der Waals surface area contributed by atoms with E-state index >= 15 is 0 Å². The molecule has 0 fully saturated rings. The summed E-state index contributed by atoms with van der Waals surface area (Å²) in [6, 6.07) is 12.3. The molecule has 1 aliphatic rings. The fourth-order valence-electron chi connectivity index (χ4n) is 2.47. The Bertz CT molecular complexity index is 740. The van der Waals surface area contributed by atoms with Gasteiger partial charge in [0.2, 0.25) is 0 Å². The first kappa shape index (κ1) is 10.9. The highest BCUT2D eigenvalue weighted by Gasteiger charge is 2.27. The lowest BCUT2D eigenvalue weighted by Crippen LogP contribution is -2.01. The highest BCUT2D eigenvalue weighted by molar-refractivity contribution is 7.99. The Labute approximate surface area is 114 Å². The molecule has 0 aliphatic carbocycles. The second kappa shape index (κ2) is 3.99. The molecule has 3 aromatic rings. The van der Waals surface area contributed by atoms with Gasteiger partial charge in [0.15, 0.2) is 11.5 Å². The normalized spacial score (nSPS) is 17.8. The second-order valence-corrected chi connectivity index (χ2v) is 5.91. The number of nitrogens with zero attached hydrogens (tertiary/aromatic N) is 3. The summed E-state index contributed by atoms with van der Waals surface area (Å²) in [5.41, 5.74) is 8.82. The average molecular weight is 268 g/mol. The molecule has 4 nitrogen and oxygen atoms in total. The fraction of sp³-hybridized carbons (Fsp3) is 0.143. The highest BCUT2D eigenvalue weighted by atomic mass is 32.2. The number of thioether (sulfide) groups is 1. The number of nitrogens with two attached hydrogens (primary N) is 1. The maximum Gasteiger partial charge on any atom is 0.160 e. The molecule has 0 radical (unpaired) electrons. The van der Waals surface area contributed by atoms with Crippen LogP contribution >= 0.6 is 11.8 Å². The monoisotopic (exact) mass is 268 g/mol. The maximum absolute atomic E-state index is 5.85. The number of pyridine rings is 1. The molecule has 1 aromatic carbocycles. The van der Waals surface area contributed by atoms with Crippen molar-refractivity contribution in [2.45, 2.75) is 16.6 Å². The van der Waals surface area contributed by atoms with E-state index in [-0.39, 0.29) is 0 Å². The Hall–Kier alpha value is -2.01. The van der Waals surface area contributed by atoms with Crippen molar-refractivity contribution >= 4 is 23.1 Å². The van der Waals surface area contributed by atoms with Gasteiger partial charge in [0.05, 0.1) is 5.25 Å². The minimum absolute atomic E-state index is 0.314. The maximum atomic E-state index is 5.85. The minimum Gasteiger partial charge on any atom is -0.398 e. The van der Waals surface area contributed by atoms with Gasteiger partial charge >= 0.3 is 0 Å². The van der Waals surface area contributed by atoms with Gasteiger partial charge in [-0.1, -0.05) is 18.2 Å². The summed E-state index contributed by atoms with van der Waals surface area (Å²) in [5, 5.41) is 8.86. The zero-order valence-corrected chi connectivity index (χ0v) is 11.0. The summed E-state index contributed by atoms with van der Waals surface area (Å²) in [6.45, 7) is 0. The van der Waals surface area contributed by atoms with Gasteiger partial charge in [0.1, 0.15) is 0 Å². The summed E-state index contributed by atoms with van der Waals surface area (Å²) in [7, 11) is 0. The summed E-state index contributed by atoms with van der Waals surface area (Å²) in [5.74, 6) is 0.975. The number of benzene rings is 1. The third kappa shape index (κ3) is 1.69. The van der Waals surface area contributed by atoms with Crippen molar-refractivity contribution < 1.29 is 0 Å². The Kier molecular flexibility index (Phi) is 2.29. The van der Waals surface area contributed by atoms with E-state index in [9.17, 15) is 0 Å². The van der Waals surface area contributed by atoms with E-state index in [1.165, 1.54) is 10.5 Å². The van der Waals surface area contributed by atoms with Gasteiger partial charge < -0.3 is 5.73 Å². The summed E-state index contributed by atoms with van der Waals surface area (Å²) in [6.07, 6.45) is 2.89. The van der Waals surface area contributed by atoms with Crippen LogP contribution in [0.15, 0.2) is 47.5 Å². The Morgan fingerprint density at radius 2 is 2.05 bits per heavy atom. The molecule has 2 N–H and O–H groups in total. The largest absolute Gasteiger partial charge is 0.398 e. The number of nitrogen functional groups attached to an aromatic ring is 1. The van der Waals surface area contributed by atoms with Crippen molar-refractivity contribution in [1.29, 1.82) is 0 Å². The van der Waals surface area contributed by atoms with Crippen LogP contribution < -0.4 is 5.73 Å². The smallest absolute Gasteiger partial charge is 0.160 e. The predicted molar refractivity (Wildman–Crippen MR) is 76.1 cm³/mol. The molecule has 3 heterocycles. The molecule has 0 amide bonds. The van der Waals surface area contributed by atoms with Crippen LogP contribution in [-0.2, 0) is 6.42 Å². The molecule has 5 heteroatoms. The average Bonchev–Trinajstić information content (AvgIpc) is 3.00. The summed E-state index contributed by atoms with van der Waals surface area (Å²) < 4.78 is 2.00. The molecule has 0 spiro atoms. The highest BCUT2D eigenvalue weighted by Crippen LogP contribution is 2.45. The van der Waals surface area contributed by atoms with Crippen molar-refractivity contribution in [2.24, 2.45) is 0 Å². The molecule has 1 unspecified atom stereocenters. The zero-order valence-electron chi connectivity index (χ0n) is 10.2. The van der Waals surface area contributed by atoms with Gasteiger partial charge in [-0.15, -0.1) is 22.0 Å². The number of fused-ring (bicyclic) bond motifs is 2. The molecular weight excluding hydrogens is 256 g/mol. The summed E-state index contributed by atoms with van der Waals surface area (Å²) >= 11 is 1.85. The minimum atomic E-state index is 0.314. The van der Waals surface area contributed by atoms with Crippen molar-refractivity contribution in [1.82, 2.24) is 14.6 Å². The van der Waals surface area contributed by atoms with Crippen LogP contribution in [0.3, 0.4) is 0 Å². The zero-order chi connectivity index (χ0) is 12.8. The number of rotatable bonds is 1. The number of hydrogen-bond acceptors (Lipinski definition) is 4. The van der Waals surface area contributed by atoms with Crippen LogP contribution in [0.5, 0.6) is 0 Å². The van der Waals surface area contributed by atoms with E-state index in [0.717, 1.165) is 23.6 Å². The lowest BCUT2D eigenvalue weighted by atomic mass is 10.1. The quantitative estimate of drug-likeness (QED) is 0.737. The van der Waals surface area contributed by atoms with Gasteiger partial charge in [0, 0.05) is 16.8 Å². The first-order valence-corrected chi connectivity index (χ1v) is 7.04. The lowest BCUT2D eigenvalue weighted by Gasteiger charge is -2.06. The van der Waals surface area contributed by atoms with Crippen LogP contribution in [0.4, 0.5) is 5.69 Å². The number of hydrogen-bond donors (Lipinski definition) is 1. The molecule has 0 saturated heterocycles. The van der Waals surface area contributed by atoms with Crippen molar-refractivity contribution in [3.63, 3.8) is 0 Å². The van der Waals surface area contributed by atoms with Crippen LogP contribution in [0.2, 0.25) is 0 Å². The van der Waals surface area contributed by atoms with Gasteiger partial charge in [-0.05, 0) is 30.2 Å². The van der Waals surface area contributed by atoms with Crippen molar-refractivity contribution in [2.75, 3.05) is 5.73 Å². The fourth-order valence-corrected chi connectivity index (χ4v) is 3.77. The van der Waals surface area contributed by atoms with E-state index in [2.05, 4.69) is 34.5 Å². The standard InChI is InChI=1S/C14H12N4S/c15-10-5-6-13-16-17-14(18(13)8-10)12-7-9-3-1-2-4-11(9)19-12/h1-6,8,12H,7,15H2. The Morgan fingerprint density at radius 3 is 2.95 bits per heavy atom. The van der Waals surface area contributed by atoms with Crippen LogP contribution in [-0.4, -0.2) is 14.6 Å². The van der Waals surface area contributed by atoms with E-state index in [0.29, 0.717) is 5.25 Å². The van der Waals surface area contributed by atoms with Crippen LogP contribution in [0, 0.1) is 0 Å². The first-order valence-electron chi connectivity index (χ1n) is 6.16. The molecule has 0 saturated carbocycles.